The van der Waals surface area contributed by atoms with Crippen LogP contribution in [0, 0.1) is 3.57 Å². The van der Waals surface area contributed by atoms with Gasteiger partial charge in [0.15, 0.2) is 11.5 Å². The van der Waals surface area contributed by atoms with E-state index < -0.39 is 24.2 Å². The van der Waals surface area contributed by atoms with E-state index in [0.29, 0.717) is 39.4 Å². The summed E-state index contributed by atoms with van der Waals surface area (Å²) in [6.45, 7) is 2.41. The van der Waals surface area contributed by atoms with E-state index in [0.717, 1.165) is 12.8 Å². The number of aliphatic hydroxyl groups excluding tert-OH is 3. The van der Waals surface area contributed by atoms with Crippen LogP contribution in [-0.2, 0) is 20.9 Å². The third-order valence-corrected chi connectivity index (χ3v) is 7.19. The third kappa shape index (κ3) is 6.88. The number of hydrogen-bond donors (Lipinski definition) is 4. The molecule has 1 aliphatic carbocycles. The number of nitrogens with one attached hydrogen (secondary N) is 1. The minimum atomic E-state index is -1.13. The molecule has 0 unspecified atom stereocenters. The fourth-order valence-electron chi connectivity index (χ4n) is 4.53. The summed E-state index contributed by atoms with van der Waals surface area (Å²) >= 11 is 2.06. The van der Waals surface area contributed by atoms with Gasteiger partial charge in [-0.3, -0.25) is 9.59 Å². The number of ether oxygens (including phenoxy) is 3. The van der Waals surface area contributed by atoms with Crippen molar-refractivity contribution in [3.63, 3.8) is 0 Å². The molecule has 0 bridgehead atoms. The van der Waals surface area contributed by atoms with Gasteiger partial charge in [-0.15, -0.1) is 0 Å². The highest BCUT2D eigenvalue weighted by Gasteiger charge is 2.41. The molecule has 1 aliphatic heterocycles. The summed E-state index contributed by atoms with van der Waals surface area (Å²) in [5, 5.41) is 32.8. The van der Waals surface area contributed by atoms with Gasteiger partial charge < -0.3 is 39.7 Å². The van der Waals surface area contributed by atoms with Gasteiger partial charge in [-0.2, -0.15) is 0 Å². The number of halogens is 1. The van der Waals surface area contributed by atoms with Crippen LogP contribution in [0.15, 0.2) is 23.8 Å². The van der Waals surface area contributed by atoms with Crippen LogP contribution in [-0.4, -0.2) is 89.8 Å². The van der Waals surface area contributed by atoms with Crippen LogP contribution < -0.4 is 14.8 Å². The predicted molar refractivity (Wildman–Crippen MR) is 140 cm³/mol. The SMILES string of the molecule is CCC(=O)N(C[C@H]1CCCO1)[C@@H]1CC(C(=O)NCCO)=C[C@H](Oc2c(I)cc(CO)cc2OC)[C@H]1O. The third-order valence-electron chi connectivity index (χ3n) is 6.39. The minimum Gasteiger partial charge on any atom is -0.493 e. The van der Waals surface area contributed by atoms with Crippen LogP contribution in [0.4, 0.5) is 0 Å². The molecule has 0 spiro atoms. The molecule has 4 N–H and O–H groups in total. The number of nitrogens with zero attached hydrogens (tertiary/aromatic N) is 1. The molecular weight excluding hydrogens is 583 g/mol. The largest absolute Gasteiger partial charge is 0.493 e. The molecule has 1 heterocycles. The van der Waals surface area contributed by atoms with Gasteiger partial charge in [0.25, 0.3) is 0 Å². The number of benzene rings is 1. The van der Waals surface area contributed by atoms with Gasteiger partial charge in [-0.25, -0.2) is 0 Å². The molecule has 11 heteroatoms. The van der Waals surface area contributed by atoms with Crippen molar-refractivity contribution < 1.29 is 39.1 Å². The Kier molecular flexibility index (Phi) is 10.8. The number of aliphatic hydroxyl groups is 3. The zero-order valence-electron chi connectivity index (χ0n) is 20.6. The minimum absolute atomic E-state index is 0.0801. The van der Waals surface area contributed by atoms with E-state index in [1.807, 2.05) is 0 Å². The van der Waals surface area contributed by atoms with E-state index >= 15 is 0 Å². The second-order valence-electron chi connectivity index (χ2n) is 8.82. The maximum absolute atomic E-state index is 13.0. The first-order valence-corrected chi connectivity index (χ1v) is 13.2. The highest BCUT2D eigenvalue weighted by molar-refractivity contribution is 14.1. The van der Waals surface area contributed by atoms with Gasteiger partial charge in [-0.1, -0.05) is 6.92 Å². The Labute approximate surface area is 224 Å². The first kappa shape index (κ1) is 28.6. The maximum Gasteiger partial charge on any atom is 0.247 e. The monoisotopic (exact) mass is 618 g/mol. The second-order valence-corrected chi connectivity index (χ2v) is 9.98. The molecule has 10 nitrogen and oxygen atoms in total. The van der Waals surface area contributed by atoms with E-state index in [-0.39, 0.29) is 44.6 Å². The van der Waals surface area contributed by atoms with E-state index in [4.69, 9.17) is 19.3 Å². The van der Waals surface area contributed by atoms with Crippen molar-refractivity contribution in [3.05, 3.63) is 32.9 Å². The van der Waals surface area contributed by atoms with Gasteiger partial charge >= 0.3 is 0 Å². The molecule has 1 fully saturated rings. The summed E-state index contributed by atoms with van der Waals surface area (Å²) in [7, 11) is 1.48. The zero-order valence-corrected chi connectivity index (χ0v) is 22.8. The van der Waals surface area contributed by atoms with Crippen LogP contribution in [0.2, 0.25) is 0 Å². The summed E-state index contributed by atoms with van der Waals surface area (Å²) in [4.78, 5) is 27.5. The lowest BCUT2D eigenvalue weighted by Crippen LogP contribution is -2.56. The average Bonchev–Trinajstić information content (AvgIpc) is 3.40. The van der Waals surface area contributed by atoms with Crippen LogP contribution in [0.5, 0.6) is 11.5 Å². The summed E-state index contributed by atoms with van der Waals surface area (Å²) in [6.07, 6.45) is 1.45. The van der Waals surface area contributed by atoms with Crippen molar-refractivity contribution in [3.8, 4) is 11.5 Å². The Hall–Kier alpha value is -1.93. The van der Waals surface area contributed by atoms with Gasteiger partial charge in [0.2, 0.25) is 11.8 Å². The molecule has 200 valence electrons. The van der Waals surface area contributed by atoms with Crippen molar-refractivity contribution >= 4 is 34.4 Å². The van der Waals surface area contributed by atoms with Gasteiger partial charge in [0.05, 0.1) is 36.0 Å². The molecule has 36 heavy (non-hydrogen) atoms. The standard InChI is InChI=1S/C25H35IN2O8/c1-3-22(31)28(13-17-5-4-8-35-17)19-11-16(25(33)27-6-7-29)12-20(23(19)32)36-24-18(26)9-15(14-30)10-21(24)34-2/h9-10,12,17,19-20,23,29-30,32H,3-8,11,13-14H2,1-2H3,(H,27,33)/t17-,19-,20+,23+/m1/s1. The lowest BCUT2D eigenvalue weighted by Gasteiger charge is -2.41. The van der Waals surface area contributed by atoms with Gasteiger partial charge in [0.1, 0.15) is 12.2 Å². The number of amides is 2. The Morgan fingerprint density at radius 2 is 2.08 bits per heavy atom. The van der Waals surface area contributed by atoms with E-state index in [1.165, 1.54) is 7.11 Å². The quantitative estimate of drug-likeness (QED) is 0.271. The molecular formula is C25H35IN2O8. The fourth-order valence-corrected chi connectivity index (χ4v) is 5.32. The number of rotatable bonds is 11. The first-order valence-electron chi connectivity index (χ1n) is 12.2. The Morgan fingerprint density at radius 1 is 1.31 bits per heavy atom. The topological polar surface area (TPSA) is 138 Å². The van der Waals surface area contributed by atoms with E-state index in [9.17, 15) is 19.8 Å². The normalized spacial score (nSPS) is 23.7. The van der Waals surface area contributed by atoms with E-state index in [2.05, 4.69) is 27.9 Å². The van der Waals surface area contributed by atoms with Crippen molar-refractivity contribution in [2.24, 2.45) is 0 Å². The van der Waals surface area contributed by atoms with E-state index in [1.54, 1.807) is 30.0 Å². The van der Waals surface area contributed by atoms with Crippen LogP contribution in [0.1, 0.15) is 38.2 Å². The molecule has 2 aliphatic rings. The lowest BCUT2D eigenvalue weighted by atomic mass is 9.87. The second kappa shape index (κ2) is 13.6. The summed E-state index contributed by atoms with van der Waals surface area (Å²) in [6, 6.07) is 2.67. The molecule has 0 saturated carbocycles. The number of methoxy groups -OCH3 is 1. The van der Waals surface area contributed by atoms with Crippen molar-refractivity contribution in [1.82, 2.24) is 10.2 Å². The van der Waals surface area contributed by atoms with Gasteiger partial charge in [-0.05, 0) is 59.2 Å². The summed E-state index contributed by atoms with van der Waals surface area (Å²) in [5.74, 6) is 0.192. The van der Waals surface area contributed by atoms with Crippen LogP contribution in [0.25, 0.3) is 0 Å². The maximum atomic E-state index is 13.0. The molecule has 1 aromatic carbocycles. The van der Waals surface area contributed by atoms with Crippen molar-refractivity contribution in [2.75, 3.05) is 33.4 Å². The van der Waals surface area contributed by atoms with Crippen LogP contribution >= 0.6 is 22.6 Å². The molecule has 0 aromatic heterocycles. The predicted octanol–water partition coefficient (Wildman–Crippen LogP) is 1.13. The van der Waals surface area contributed by atoms with Crippen molar-refractivity contribution in [2.45, 2.75) is 63.6 Å². The smallest absolute Gasteiger partial charge is 0.247 e. The molecule has 3 rings (SSSR count). The average molecular weight is 618 g/mol. The molecule has 2 amide bonds. The number of carbonyl (C=O) groups excluding carboxylic acids is 2. The molecule has 1 saturated heterocycles. The molecule has 1 aromatic rings. The van der Waals surface area contributed by atoms with Gasteiger partial charge in [0, 0.05) is 38.1 Å². The zero-order chi connectivity index (χ0) is 26.2. The highest BCUT2D eigenvalue weighted by atomic mass is 127. The Bertz CT molecular complexity index is 950. The number of hydrogen-bond acceptors (Lipinski definition) is 8. The molecule has 4 atom stereocenters. The van der Waals surface area contributed by atoms with Crippen LogP contribution in [0.3, 0.4) is 0 Å². The first-order chi connectivity index (χ1) is 17.3. The number of carbonyl (C=O) groups is 2. The summed E-state index contributed by atoms with van der Waals surface area (Å²) in [5.41, 5.74) is 0.993. The molecule has 0 radical (unpaired) electrons. The Morgan fingerprint density at radius 3 is 2.69 bits per heavy atom. The lowest BCUT2D eigenvalue weighted by molar-refractivity contribution is -0.140. The fraction of sp³-hybridized carbons (Fsp3) is 0.600. The summed E-state index contributed by atoms with van der Waals surface area (Å²) < 4.78 is 18.1. The highest BCUT2D eigenvalue weighted by Crippen LogP contribution is 2.37. The Balaban J connectivity index is 1.97. The van der Waals surface area contributed by atoms with Crippen molar-refractivity contribution in [1.29, 1.82) is 0 Å².